The molecule has 4 N–H and O–H groups in total. The summed E-state index contributed by atoms with van der Waals surface area (Å²) in [5.74, 6) is 2.76. The molecule has 124 valence electrons. The minimum atomic E-state index is 0.348. The number of para-hydroxylation sites is 2. The summed E-state index contributed by atoms with van der Waals surface area (Å²) in [7, 11) is 0. The van der Waals surface area contributed by atoms with Crippen LogP contribution in [0.15, 0.2) is 48.5 Å². The minimum Gasteiger partial charge on any atom is -0.508 e. The Morgan fingerprint density at radius 2 is 1.13 bits per heavy atom. The standard InChI is InChI=1S/C18H24N2O2S/c21-17-7-3-1-5-15(17)13-19-9-11-23-12-10-20-14-16-6-2-4-8-18(16)22/h1-8,19-22H,9-14H2. The van der Waals surface area contributed by atoms with Crippen LogP contribution >= 0.6 is 11.8 Å². The van der Waals surface area contributed by atoms with Crippen LogP contribution in [-0.2, 0) is 13.1 Å². The van der Waals surface area contributed by atoms with Crippen molar-refractivity contribution in [3.05, 3.63) is 59.7 Å². The lowest BCUT2D eigenvalue weighted by Crippen LogP contribution is -2.19. The summed E-state index contributed by atoms with van der Waals surface area (Å²) in [5.41, 5.74) is 1.86. The maximum Gasteiger partial charge on any atom is 0.120 e. The van der Waals surface area contributed by atoms with Gasteiger partial charge in [0, 0.05) is 48.8 Å². The Hall–Kier alpha value is -1.69. The van der Waals surface area contributed by atoms with Crippen LogP contribution in [0.1, 0.15) is 11.1 Å². The smallest absolute Gasteiger partial charge is 0.120 e. The fourth-order valence-corrected chi connectivity index (χ4v) is 2.94. The van der Waals surface area contributed by atoms with E-state index < -0.39 is 0 Å². The zero-order chi connectivity index (χ0) is 16.3. The second kappa shape index (κ2) is 10.2. The van der Waals surface area contributed by atoms with E-state index >= 15 is 0 Å². The molecule has 0 amide bonds. The van der Waals surface area contributed by atoms with Crippen LogP contribution in [-0.4, -0.2) is 34.8 Å². The van der Waals surface area contributed by atoms with Crippen molar-refractivity contribution in [2.24, 2.45) is 0 Å². The van der Waals surface area contributed by atoms with Gasteiger partial charge in [0.15, 0.2) is 0 Å². The van der Waals surface area contributed by atoms with Crippen LogP contribution in [0.5, 0.6) is 11.5 Å². The fraction of sp³-hybridized carbons (Fsp3) is 0.333. The highest BCUT2D eigenvalue weighted by atomic mass is 32.2. The molecule has 0 saturated heterocycles. The average molecular weight is 332 g/mol. The van der Waals surface area contributed by atoms with E-state index in [1.54, 1.807) is 12.1 Å². The third-order valence-corrected chi connectivity index (χ3v) is 4.45. The van der Waals surface area contributed by atoms with Gasteiger partial charge < -0.3 is 20.8 Å². The number of rotatable bonds is 10. The van der Waals surface area contributed by atoms with Gasteiger partial charge in [-0.05, 0) is 12.1 Å². The number of phenols is 2. The van der Waals surface area contributed by atoms with Gasteiger partial charge >= 0.3 is 0 Å². The zero-order valence-electron chi connectivity index (χ0n) is 13.2. The normalized spacial score (nSPS) is 10.8. The van der Waals surface area contributed by atoms with Crippen LogP contribution in [0.4, 0.5) is 0 Å². The molecule has 0 aliphatic rings. The third kappa shape index (κ3) is 6.52. The number of thioether (sulfide) groups is 1. The highest BCUT2D eigenvalue weighted by Gasteiger charge is 1.99. The molecule has 0 fully saturated rings. The molecule has 0 aliphatic heterocycles. The van der Waals surface area contributed by atoms with E-state index in [1.807, 2.05) is 48.2 Å². The van der Waals surface area contributed by atoms with Gasteiger partial charge in [-0.2, -0.15) is 11.8 Å². The lowest BCUT2D eigenvalue weighted by atomic mass is 10.2. The van der Waals surface area contributed by atoms with Crippen molar-refractivity contribution in [1.29, 1.82) is 0 Å². The molecule has 2 aromatic carbocycles. The number of hydrogen-bond acceptors (Lipinski definition) is 5. The Morgan fingerprint density at radius 3 is 1.57 bits per heavy atom. The largest absolute Gasteiger partial charge is 0.508 e. The number of aromatic hydroxyl groups is 2. The summed E-state index contributed by atoms with van der Waals surface area (Å²) in [6.45, 7) is 3.22. The molecule has 0 spiro atoms. The molecule has 0 radical (unpaired) electrons. The maximum absolute atomic E-state index is 9.65. The van der Waals surface area contributed by atoms with E-state index in [-0.39, 0.29) is 0 Å². The average Bonchev–Trinajstić information content (AvgIpc) is 2.56. The molecule has 0 aromatic heterocycles. The highest BCUT2D eigenvalue weighted by Crippen LogP contribution is 2.15. The van der Waals surface area contributed by atoms with Crippen molar-refractivity contribution in [1.82, 2.24) is 10.6 Å². The van der Waals surface area contributed by atoms with Gasteiger partial charge in [0.05, 0.1) is 0 Å². The third-order valence-electron chi connectivity index (χ3n) is 3.46. The van der Waals surface area contributed by atoms with Gasteiger partial charge in [-0.3, -0.25) is 0 Å². The second-order valence-electron chi connectivity index (χ2n) is 5.22. The van der Waals surface area contributed by atoms with Crippen LogP contribution < -0.4 is 10.6 Å². The van der Waals surface area contributed by atoms with Crippen molar-refractivity contribution in [2.45, 2.75) is 13.1 Å². The molecule has 0 bridgehead atoms. The van der Waals surface area contributed by atoms with E-state index in [0.29, 0.717) is 24.6 Å². The zero-order valence-corrected chi connectivity index (χ0v) is 14.0. The summed E-state index contributed by atoms with van der Waals surface area (Å²) >= 11 is 1.88. The van der Waals surface area contributed by atoms with E-state index in [2.05, 4.69) is 10.6 Å². The Kier molecular flexibility index (Phi) is 7.80. The summed E-state index contributed by atoms with van der Waals surface area (Å²) in [5, 5.41) is 26.0. The molecule has 23 heavy (non-hydrogen) atoms. The molecule has 4 nitrogen and oxygen atoms in total. The molecule has 2 rings (SSSR count). The Labute approximate surface area is 141 Å². The van der Waals surface area contributed by atoms with Gasteiger partial charge in [-0.1, -0.05) is 36.4 Å². The number of phenolic OH excluding ortho intramolecular Hbond substituents is 2. The second-order valence-corrected chi connectivity index (χ2v) is 6.45. The van der Waals surface area contributed by atoms with Crippen molar-refractivity contribution in [3.63, 3.8) is 0 Å². The molecule has 0 atom stereocenters. The van der Waals surface area contributed by atoms with Crippen LogP contribution in [0, 0.1) is 0 Å². The van der Waals surface area contributed by atoms with Gasteiger partial charge in [-0.25, -0.2) is 0 Å². The summed E-state index contributed by atoms with van der Waals surface area (Å²) < 4.78 is 0. The fourth-order valence-electron chi connectivity index (χ4n) is 2.16. The molecular formula is C18H24N2O2S. The highest BCUT2D eigenvalue weighted by molar-refractivity contribution is 7.99. The Balaban J connectivity index is 1.47. The summed E-state index contributed by atoms with van der Waals surface area (Å²) in [6.07, 6.45) is 0. The first-order valence-corrected chi connectivity index (χ1v) is 8.96. The van der Waals surface area contributed by atoms with E-state index in [0.717, 1.165) is 35.7 Å². The first-order chi connectivity index (χ1) is 11.3. The Bertz CT molecular complexity index is 541. The molecular weight excluding hydrogens is 308 g/mol. The topological polar surface area (TPSA) is 64.5 Å². The quantitative estimate of drug-likeness (QED) is 0.504. The maximum atomic E-state index is 9.65. The Morgan fingerprint density at radius 1 is 0.696 bits per heavy atom. The van der Waals surface area contributed by atoms with Crippen molar-refractivity contribution < 1.29 is 10.2 Å². The van der Waals surface area contributed by atoms with E-state index in [4.69, 9.17) is 0 Å². The van der Waals surface area contributed by atoms with Crippen LogP contribution in [0.3, 0.4) is 0 Å². The van der Waals surface area contributed by atoms with Gasteiger partial charge in [0.25, 0.3) is 0 Å². The molecule has 2 aromatic rings. The van der Waals surface area contributed by atoms with Crippen LogP contribution in [0.25, 0.3) is 0 Å². The van der Waals surface area contributed by atoms with E-state index in [9.17, 15) is 10.2 Å². The summed E-state index contributed by atoms with van der Waals surface area (Å²) in [6, 6.07) is 14.8. The first kappa shape index (κ1) is 17.7. The van der Waals surface area contributed by atoms with Crippen LogP contribution in [0.2, 0.25) is 0 Å². The van der Waals surface area contributed by atoms with Gasteiger partial charge in [-0.15, -0.1) is 0 Å². The molecule has 0 saturated carbocycles. The SMILES string of the molecule is Oc1ccccc1CNCCSCCNCc1ccccc1O. The predicted molar refractivity (Wildman–Crippen MR) is 97.0 cm³/mol. The number of nitrogens with one attached hydrogen (secondary N) is 2. The van der Waals surface area contributed by atoms with Crippen molar-refractivity contribution in [3.8, 4) is 11.5 Å². The molecule has 5 heteroatoms. The molecule has 0 heterocycles. The van der Waals surface area contributed by atoms with Crippen molar-refractivity contribution >= 4 is 11.8 Å². The number of benzene rings is 2. The van der Waals surface area contributed by atoms with Gasteiger partial charge in [0.1, 0.15) is 11.5 Å². The number of hydrogen-bond donors (Lipinski definition) is 4. The summed E-state index contributed by atoms with van der Waals surface area (Å²) in [4.78, 5) is 0. The predicted octanol–water partition coefficient (Wildman–Crippen LogP) is 2.71. The van der Waals surface area contributed by atoms with Crippen molar-refractivity contribution in [2.75, 3.05) is 24.6 Å². The molecule has 0 aliphatic carbocycles. The lowest BCUT2D eigenvalue weighted by Gasteiger charge is -2.08. The minimum absolute atomic E-state index is 0.348. The molecule has 0 unspecified atom stereocenters. The monoisotopic (exact) mass is 332 g/mol. The first-order valence-electron chi connectivity index (χ1n) is 7.80. The van der Waals surface area contributed by atoms with Gasteiger partial charge in [0.2, 0.25) is 0 Å². The lowest BCUT2D eigenvalue weighted by molar-refractivity contribution is 0.465. The van der Waals surface area contributed by atoms with E-state index in [1.165, 1.54) is 0 Å².